The van der Waals surface area contributed by atoms with Crippen LogP contribution in [0.3, 0.4) is 0 Å². The van der Waals surface area contributed by atoms with Crippen molar-refractivity contribution >= 4 is 23.0 Å². The average Bonchev–Trinajstić information content (AvgIpc) is 2.78. The predicted octanol–water partition coefficient (Wildman–Crippen LogP) is 1.16. The molecule has 33 heavy (non-hydrogen) atoms. The first-order valence-electron chi connectivity index (χ1n) is 10.0. The van der Waals surface area contributed by atoms with Gasteiger partial charge in [0.1, 0.15) is 16.9 Å². The molecule has 0 bridgehead atoms. The minimum absolute atomic E-state index is 0.00965. The monoisotopic (exact) mass is 458 g/mol. The fraction of sp³-hybridized carbons (Fsp3) is 0.273. The smallest absolute Gasteiger partial charge is 0.407 e. The number of carbonyl (C=O) groups excluding carboxylic acids is 1. The summed E-state index contributed by atoms with van der Waals surface area (Å²) in [5.74, 6) is -1.86. The van der Waals surface area contributed by atoms with E-state index in [2.05, 4.69) is 10.3 Å². The van der Waals surface area contributed by atoms with Gasteiger partial charge in [0.25, 0.3) is 11.5 Å². The Labute approximate surface area is 187 Å². The van der Waals surface area contributed by atoms with Gasteiger partial charge in [-0.3, -0.25) is 14.6 Å². The van der Waals surface area contributed by atoms with Crippen LogP contribution in [0.25, 0.3) is 11.0 Å². The van der Waals surface area contributed by atoms with Gasteiger partial charge in [0, 0.05) is 32.9 Å². The number of halogens is 1. The standard InChI is InChI=1S/C22H23FN4O6/c1-26(22(32)33)7-8-27-16-11-14(10-13-2-4-15(23)5-3-13)12-25-18(16)19(29)17(21(27)31)20(30)24-6-9-28/h2-5,11-12,28-29H,6-10H2,1H3,(H,24,30)(H,32,33). The molecule has 0 radical (unpaired) electrons. The van der Waals surface area contributed by atoms with E-state index in [1.165, 1.54) is 29.9 Å². The Morgan fingerprint density at radius 3 is 2.55 bits per heavy atom. The number of aliphatic hydroxyl groups excluding tert-OH is 1. The number of aliphatic hydroxyl groups is 1. The molecule has 2 aromatic heterocycles. The lowest BCUT2D eigenvalue weighted by atomic mass is 10.1. The summed E-state index contributed by atoms with van der Waals surface area (Å²) in [7, 11) is 1.34. The van der Waals surface area contributed by atoms with E-state index in [4.69, 9.17) is 10.2 Å². The molecule has 3 aromatic rings. The summed E-state index contributed by atoms with van der Waals surface area (Å²) < 4.78 is 14.4. The molecule has 0 atom stereocenters. The van der Waals surface area contributed by atoms with E-state index < -0.39 is 28.9 Å². The fourth-order valence-corrected chi connectivity index (χ4v) is 3.31. The molecule has 0 aliphatic heterocycles. The molecule has 10 nitrogen and oxygen atoms in total. The molecule has 0 spiro atoms. The minimum atomic E-state index is -1.19. The Morgan fingerprint density at radius 2 is 1.91 bits per heavy atom. The summed E-state index contributed by atoms with van der Waals surface area (Å²) in [4.78, 5) is 42.0. The second-order valence-corrected chi connectivity index (χ2v) is 7.38. The second kappa shape index (κ2) is 10.1. The van der Waals surface area contributed by atoms with E-state index in [0.717, 1.165) is 10.5 Å². The molecule has 1 aromatic carbocycles. The highest BCUT2D eigenvalue weighted by Gasteiger charge is 2.23. The Bertz CT molecular complexity index is 1240. The van der Waals surface area contributed by atoms with Crippen LogP contribution in [0.5, 0.6) is 5.75 Å². The van der Waals surface area contributed by atoms with E-state index >= 15 is 0 Å². The number of nitrogens with one attached hydrogen (secondary N) is 1. The summed E-state index contributed by atoms with van der Waals surface area (Å²) in [6, 6.07) is 7.49. The van der Waals surface area contributed by atoms with Crippen molar-refractivity contribution in [3.63, 3.8) is 0 Å². The lowest BCUT2D eigenvalue weighted by molar-refractivity contribution is 0.0939. The van der Waals surface area contributed by atoms with Crippen molar-refractivity contribution in [2.24, 2.45) is 0 Å². The molecule has 0 saturated carbocycles. The van der Waals surface area contributed by atoms with E-state index in [1.807, 2.05) is 0 Å². The van der Waals surface area contributed by atoms with Gasteiger partial charge in [-0.2, -0.15) is 0 Å². The number of nitrogens with zero attached hydrogens (tertiary/aromatic N) is 3. The molecule has 11 heteroatoms. The van der Waals surface area contributed by atoms with Crippen molar-refractivity contribution in [2.75, 3.05) is 26.7 Å². The highest BCUT2D eigenvalue weighted by atomic mass is 19.1. The Hall–Kier alpha value is -3.99. The highest BCUT2D eigenvalue weighted by Crippen LogP contribution is 2.26. The molecule has 0 unspecified atom stereocenters. The van der Waals surface area contributed by atoms with Crippen LogP contribution in [-0.4, -0.2) is 68.5 Å². The molecular formula is C22H23FN4O6. The zero-order valence-electron chi connectivity index (χ0n) is 17.8. The second-order valence-electron chi connectivity index (χ2n) is 7.38. The van der Waals surface area contributed by atoms with Crippen LogP contribution in [-0.2, 0) is 13.0 Å². The Morgan fingerprint density at radius 1 is 1.21 bits per heavy atom. The first-order valence-corrected chi connectivity index (χ1v) is 10.0. The van der Waals surface area contributed by atoms with E-state index in [9.17, 15) is 23.9 Å². The van der Waals surface area contributed by atoms with Gasteiger partial charge in [-0.25, -0.2) is 9.18 Å². The maximum atomic E-state index is 13.2. The maximum absolute atomic E-state index is 13.2. The fourth-order valence-electron chi connectivity index (χ4n) is 3.31. The largest absolute Gasteiger partial charge is 0.505 e. The molecule has 3 rings (SSSR count). The number of hydrogen-bond acceptors (Lipinski definition) is 6. The van der Waals surface area contributed by atoms with E-state index in [-0.39, 0.29) is 43.1 Å². The van der Waals surface area contributed by atoms with Crippen molar-refractivity contribution in [1.29, 1.82) is 0 Å². The zero-order valence-corrected chi connectivity index (χ0v) is 17.8. The van der Waals surface area contributed by atoms with Gasteiger partial charge in [-0.15, -0.1) is 0 Å². The lowest BCUT2D eigenvalue weighted by Gasteiger charge is -2.18. The topological polar surface area (TPSA) is 145 Å². The summed E-state index contributed by atoms with van der Waals surface area (Å²) in [6.07, 6.45) is 0.646. The van der Waals surface area contributed by atoms with E-state index in [0.29, 0.717) is 12.0 Å². The molecule has 0 saturated heterocycles. The molecule has 0 aliphatic carbocycles. The molecule has 2 heterocycles. The minimum Gasteiger partial charge on any atom is -0.505 e. The van der Waals surface area contributed by atoms with Gasteiger partial charge < -0.3 is 30.1 Å². The van der Waals surface area contributed by atoms with E-state index in [1.54, 1.807) is 18.2 Å². The number of fused-ring (bicyclic) bond motifs is 1. The average molecular weight is 458 g/mol. The Balaban J connectivity index is 2.12. The SMILES string of the molecule is CN(CCn1c(=O)c(C(=O)NCCO)c(O)c2ncc(Cc3ccc(F)cc3)cc21)C(=O)O. The van der Waals surface area contributed by atoms with Crippen LogP contribution >= 0.6 is 0 Å². The maximum Gasteiger partial charge on any atom is 0.407 e. The summed E-state index contributed by atoms with van der Waals surface area (Å²) in [5.41, 5.74) is 0.286. The predicted molar refractivity (Wildman–Crippen MR) is 117 cm³/mol. The van der Waals surface area contributed by atoms with Gasteiger partial charge in [-0.1, -0.05) is 12.1 Å². The number of rotatable bonds is 8. The number of hydrogen-bond donors (Lipinski definition) is 4. The number of benzene rings is 1. The Kier molecular flexibility index (Phi) is 7.23. The molecule has 0 aliphatic rings. The van der Waals surface area contributed by atoms with Crippen LogP contribution in [0.1, 0.15) is 21.5 Å². The number of carboxylic acid groups (broad SMARTS) is 1. The normalized spacial score (nSPS) is 10.9. The third kappa shape index (κ3) is 5.26. The number of pyridine rings is 2. The lowest BCUT2D eigenvalue weighted by Crippen LogP contribution is -2.37. The first kappa shape index (κ1) is 23.7. The van der Waals surface area contributed by atoms with Crippen LogP contribution in [0.15, 0.2) is 41.3 Å². The van der Waals surface area contributed by atoms with Crippen molar-refractivity contribution in [1.82, 2.24) is 19.8 Å². The quantitative estimate of drug-likeness (QED) is 0.396. The van der Waals surface area contributed by atoms with Gasteiger partial charge >= 0.3 is 6.09 Å². The summed E-state index contributed by atoms with van der Waals surface area (Å²) in [5, 5.41) is 31.0. The van der Waals surface area contributed by atoms with Crippen molar-refractivity contribution in [2.45, 2.75) is 13.0 Å². The van der Waals surface area contributed by atoms with Crippen molar-refractivity contribution < 1.29 is 29.3 Å². The third-order valence-electron chi connectivity index (χ3n) is 5.07. The zero-order chi connectivity index (χ0) is 24.1. The third-order valence-corrected chi connectivity index (χ3v) is 5.07. The van der Waals surface area contributed by atoms with Gasteiger partial charge in [0.05, 0.1) is 12.1 Å². The van der Waals surface area contributed by atoms with Crippen LogP contribution in [0.4, 0.5) is 9.18 Å². The summed E-state index contributed by atoms with van der Waals surface area (Å²) in [6.45, 7) is -0.639. The van der Waals surface area contributed by atoms with Gasteiger partial charge in [0.15, 0.2) is 5.75 Å². The van der Waals surface area contributed by atoms with Crippen molar-refractivity contribution in [3.8, 4) is 5.75 Å². The molecule has 4 N–H and O–H groups in total. The van der Waals surface area contributed by atoms with Gasteiger partial charge in [0.2, 0.25) is 0 Å². The molecule has 2 amide bonds. The number of aromatic nitrogens is 2. The number of likely N-dealkylation sites (N-methyl/N-ethyl adjacent to an activating group) is 1. The number of aromatic hydroxyl groups is 1. The first-order chi connectivity index (χ1) is 15.7. The molecule has 174 valence electrons. The number of carbonyl (C=O) groups is 2. The summed E-state index contributed by atoms with van der Waals surface area (Å²) >= 11 is 0. The van der Waals surface area contributed by atoms with Crippen LogP contribution in [0.2, 0.25) is 0 Å². The van der Waals surface area contributed by atoms with Crippen LogP contribution in [0, 0.1) is 5.82 Å². The molecule has 0 fully saturated rings. The van der Waals surface area contributed by atoms with Gasteiger partial charge in [-0.05, 0) is 35.7 Å². The van der Waals surface area contributed by atoms with Crippen molar-refractivity contribution in [3.05, 3.63) is 69.4 Å². The highest BCUT2D eigenvalue weighted by molar-refractivity contribution is 6.01. The number of amides is 2. The van der Waals surface area contributed by atoms with Crippen LogP contribution < -0.4 is 10.9 Å². The molecular weight excluding hydrogens is 435 g/mol.